The summed E-state index contributed by atoms with van der Waals surface area (Å²) in [5, 5.41) is 0. The number of rotatable bonds is 3. The molecule has 3 rings (SSSR count). The van der Waals surface area contributed by atoms with Gasteiger partial charge in [-0.25, -0.2) is 9.97 Å². The molecule has 0 aliphatic rings. The van der Waals surface area contributed by atoms with Gasteiger partial charge in [0.1, 0.15) is 11.3 Å². The van der Waals surface area contributed by atoms with Crippen LogP contribution in [0.15, 0.2) is 41.0 Å². The minimum absolute atomic E-state index is 0.351. The van der Waals surface area contributed by atoms with Gasteiger partial charge < -0.3 is 0 Å². The highest BCUT2D eigenvalue weighted by Gasteiger charge is 2.13. The molecular formula is C15H13BrClN3. The standard InChI is InChI=1S/C15H13BrClN3/c1-2-10-3-5-12(6-4-10)20-14(8-17)19-13-7-11(16)9-18-15(13)20/h3-7,9H,2,8H2,1H3. The van der Waals surface area contributed by atoms with Gasteiger partial charge in [0.25, 0.3) is 0 Å². The first-order valence-electron chi connectivity index (χ1n) is 6.41. The maximum Gasteiger partial charge on any atom is 0.164 e. The molecule has 0 radical (unpaired) electrons. The molecule has 0 saturated heterocycles. The summed E-state index contributed by atoms with van der Waals surface area (Å²) in [7, 11) is 0. The Kier molecular flexibility index (Phi) is 3.76. The lowest BCUT2D eigenvalue weighted by atomic mass is 10.1. The van der Waals surface area contributed by atoms with E-state index in [4.69, 9.17) is 11.6 Å². The van der Waals surface area contributed by atoms with Crippen LogP contribution in [-0.2, 0) is 12.3 Å². The minimum atomic E-state index is 0.351. The second kappa shape index (κ2) is 5.54. The normalized spacial score (nSPS) is 11.2. The summed E-state index contributed by atoms with van der Waals surface area (Å²) in [6.45, 7) is 2.14. The minimum Gasteiger partial charge on any atom is -0.280 e. The van der Waals surface area contributed by atoms with Gasteiger partial charge in [0.05, 0.1) is 5.88 Å². The molecule has 0 spiro atoms. The molecule has 0 amide bonds. The van der Waals surface area contributed by atoms with Gasteiger partial charge in [0.15, 0.2) is 5.65 Å². The lowest BCUT2D eigenvalue weighted by molar-refractivity contribution is 0.967. The smallest absolute Gasteiger partial charge is 0.164 e. The number of hydrogen-bond donors (Lipinski definition) is 0. The van der Waals surface area contributed by atoms with E-state index in [-0.39, 0.29) is 0 Å². The van der Waals surface area contributed by atoms with Crippen molar-refractivity contribution in [1.29, 1.82) is 0 Å². The molecule has 0 N–H and O–H groups in total. The zero-order valence-electron chi connectivity index (χ0n) is 11.0. The van der Waals surface area contributed by atoms with Gasteiger partial charge in [-0.1, -0.05) is 19.1 Å². The Hall–Kier alpha value is -1.39. The highest BCUT2D eigenvalue weighted by Crippen LogP contribution is 2.23. The van der Waals surface area contributed by atoms with Crippen LogP contribution in [0.3, 0.4) is 0 Å². The third-order valence-electron chi connectivity index (χ3n) is 3.26. The third-order valence-corrected chi connectivity index (χ3v) is 3.93. The van der Waals surface area contributed by atoms with E-state index < -0.39 is 0 Å². The summed E-state index contributed by atoms with van der Waals surface area (Å²) in [5.41, 5.74) is 4.01. The van der Waals surface area contributed by atoms with Crippen LogP contribution in [0, 0.1) is 0 Å². The molecule has 0 atom stereocenters. The number of imidazole rings is 1. The third kappa shape index (κ3) is 2.34. The summed E-state index contributed by atoms with van der Waals surface area (Å²) in [4.78, 5) is 9.01. The highest BCUT2D eigenvalue weighted by molar-refractivity contribution is 9.10. The molecule has 2 aromatic heterocycles. The molecule has 0 aliphatic carbocycles. The highest BCUT2D eigenvalue weighted by atomic mass is 79.9. The number of nitrogens with zero attached hydrogens (tertiary/aromatic N) is 3. The fraction of sp³-hybridized carbons (Fsp3) is 0.200. The number of fused-ring (bicyclic) bond motifs is 1. The van der Waals surface area contributed by atoms with Crippen LogP contribution in [0.4, 0.5) is 0 Å². The Labute approximate surface area is 130 Å². The number of alkyl halides is 1. The Morgan fingerprint density at radius 1 is 1.25 bits per heavy atom. The lowest BCUT2D eigenvalue weighted by Crippen LogP contribution is -2.00. The van der Waals surface area contributed by atoms with Crippen molar-refractivity contribution in [3.63, 3.8) is 0 Å². The summed E-state index contributed by atoms with van der Waals surface area (Å²) in [5.74, 6) is 1.15. The molecule has 3 nitrogen and oxygen atoms in total. The van der Waals surface area contributed by atoms with Crippen LogP contribution in [0.2, 0.25) is 0 Å². The van der Waals surface area contributed by atoms with Crippen LogP contribution < -0.4 is 0 Å². The fourth-order valence-corrected chi connectivity index (χ4v) is 2.73. The number of aryl methyl sites for hydroxylation is 1. The maximum atomic E-state index is 6.03. The summed E-state index contributed by atoms with van der Waals surface area (Å²) < 4.78 is 2.92. The molecule has 1 aromatic carbocycles. The molecule has 20 heavy (non-hydrogen) atoms. The van der Waals surface area contributed by atoms with Crippen LogP contribution >= 0.6 is 27.5 Å². The zero-order valence-corrected chi connectivity index (χ0v) is 13.3. The Balaban J connectivity index is 2.22. The van der Waals surface area contributed by atoms with Crippen LogP contribution in [0.5, 0.6) is 0 Å². The second-order valence-electron chi connectivity index (χ2n) is 4.51. The van der Waals surface area contributed by atoms with Gasteiger partial charge in [-0.2, -0.15) is 0 Å². The number of aromatic nitrogens is 3. The van der Waals surface area contributed by atoms with Gasteiger partial charge in [-0.3, -0.25) is 4.57 Å². The number of pyridine rings is 1. The lowest BCUT2D eigenvalue weighted by Gasteiger charge is -2.07. The predicted molar refractivity (Wildman–Crippen MR) is 85.5 cm³/mol. The summed E-state index contributed by atoms with van der Waals surface area (Å²) in [6.07, 6.45) is 2.80. The topological polar surface area (TPSA) is 30.7 Å². The molecule has 0 unspecified atom stereocenters. The first-order chi connectivity index (χ1) is 9.72. The molecule has 0 fully saturated rings. The monoisotopic (exact) mass is 349 g/mol. The van der Waals surface area contributed by atoms with Gasteiger partial charge in [0.2, 0.25) is 0 Å². The van der Waals surface area contributed by atoms with E-state index in [2.05, 4.69) is 57.1 Å². The van der Waals surface area contributed by atoms with Crippen molar-refractivity contribution in [1.82, 2.24) is 14.5 Å². The molecule has 0 saturated carbocycles. The number of benzene rings is 1. The van der Waals surface area contributed by atoms with Crippen molar-refractivity contribution in [2.24, 2.45) is 0 Å². The van der Waals surface area contributed by atoms with Gasteiger partial charge in [0, 0.05) is 16.4 Å². The number of hydrogen-bond acceptors (Lipinski definition) is 2. The number of halogens is 2. The second-order valence-corrected chi connectivity index (χ2v) is 5.70. The Morgan fingerprint density at radius 2 is 2.00 bits per heavy atom. The van der Waals surface area contributed by atoms with Crippen molar-refractivity contribution >= 4 is 38.7 Å². The van der Waals surface area contributed by atoms with Crippen molar-refractivity contribution in [2.45, 2.75) is 19.2 Å². The van der Waals surface area contributed by atoms with Gasteiger partial charge in [-0.15, -0.1) is 11.6 Å². The largest absolute Gasteiger partial charge is 0.280 e. The van der Waals surface area contributed by atoms with Crippen LogP contribution in [0.25, 0.3) is 16.9 Å². The van der Waals surface area contributed by atoms with E-state index >= 15 is 0 Å². The zero-order chi connectivity index (χ0) is 14.1. The SMILES string of the molecule is CCc1ccc(-n2c(CCl)nc3cc(Br)cnc32)cc1. The first kappa shape index (κ1) is 13.6. The molecule has 2 heterocycles. The van der Waals surface area contributed by atoms with Crippen molar-refractivity contribution in [3.05, 3.63) is 52.4 Å². The fourth-order valence-electron chi connectivity index (χ4n) is 2.23. The summed E-state index contributed by atoms with van der Waals surface area (Å²) >= 11 is 9.45. The van der Waals surface area contributed by atoms with Gasteiger partial charge >= 0.3 is 0 Å². The van der Waals surface area contributed by atoms with Crippen molar-refractivity contribution in [2.75, 3.05) is 0 Å². The van der Waals surface area contributed by atoms with Gasteiger partial charge in [-0.05, 0) is 46.1 Å². The average molecular weight is 351 g/mol. The van der Waals surface area contributed by atoms with E-state index in [1.807, 2.05) is 10.6 Å². The van der Waals surface area contributed by atoms with Crippen molar-refractivity contribution in [3.8, 4) is 5.69 Å². The molecular weight excluding hydrogens is 338 g/mol. The van der Waals surface area contributed by atoms with E-state index in [0.29, 0.717) is 5.88 Å². The summed E-state index contributed by atoms with van der Waals surface area (Å²) in [6, 6.07) is 10.4. The van der Waals surface area contributed by atoms with Crippen molar-refractivity contribution < 1.29 is 0 Å². The molecule has 102 valence electrons. The molecule has 0 bridgehead atoms. The Bertz CT molecular complexity index is 750. The molecule has 0 aliphatic heterocycles. The van der Waals surface area contributed by atoms with Crippen LogP contribution in [0.1, 0.15) is 18.3 Å². The van der Waals surface area contributed by atoms with E-state index in [1.165, 1.54) is 5.56 Å². The maximum absolute atomic E-state index is 6.03. The van der Waals surface area contributed by atoms with E-state index in [0.717, 1.165) is 33.6 Å². The van der Waals surface area contributed by atoms with E-state index in [9.17, 15) is 0 Å². The first-order valence-corrected chi connectivity index (χ1v) is 7.74. The average Bonchev–Trinajstić information content (AvgIpc) is 2.84. The Morgan fingerprint density at radius 3 is 2.65 bits per heavy atom. The predicted octanol–water partition coefficient (Wildman–Crippen LogP) is 4.48. The quantitative estimate of drug-likeness (QED) is 0.652. The molecule has 5 heteroatoms. The van der Waals surface area contributed by atoms with E-state index in [1.54, 1.807) is 6.20 Å². The molecule has 3 aromatic rings. The van der Waals surface area contributed by atoms with Crippen LogP contribution in [-0.4, -0.2) is 14.5 Å².